The Bertz CT molecular complexity index is 1440. The lowest BCUT2D eigenvalue weighted by Crippen LogP contribution is -2.12. The highest BCUT2D eigenvalue weighted by molar-refractivity contribution is 5.92. The minimum Gasteiger partial charge on any atom is -0.463 e. The second-order valence-electron chi connectivity index (χ2n) is 9.20. The molecule has 0 bridgehead atoms. The molecule has 0 saturated heterocycles. The van der Waals surface area contributed by atoms with Crippen LogP contribution in [0, 0.1) is 0 Å². The van der Waals surface area contributed by atoms with E-state index in [9.17, 15) is 24.0 Å². The molecule has 45 heavy (non-hydrogen) atoms. The zero-order valence-electron chi connectivity index (χ0n) is 24.6. The summed E-state index contributed by atoms with van der Waals surface area (Å²) in [5, 5.41) is 0. The lowest BCUT2D eigenvalue weighted by Gasteiger charge is -2.08. The van der Waals surface area contributed by atoms with Gasteiger partial charge < -0.3 is 33.2 Å². The molecule has 0 atom stereocenters. The van der Waals surface area contributed by atoms with Crippen LogP contribution in [0.5, 0.6) is 23.0 Å². The maximum absolute atomic E-state index is 12.5. The topological polar surface area (TPSA) is 150 Å². The summed E-state index contributed by atoms with van der Waals surface area (Å²) in [5.41, 5.74) is 0.433. The molecule has 0 unspecified atom stereocenters. The number of esters is 3. The predicted octanol–water partition coefficient (Wildman–Crippen LogP) is 6.47. The molecule has 0 N–H and O–H groups in total. The number of benzene rings is 3. The van der Waals surface area contributed by atoms with Crippen LogP contribution in [0.25, 0.3) is 0 Å². The van der Waals surface area contributed by atoms with Crippen molar-refractivity contribution in [2.24, 2.45) is 0 Å². The Morgan fingerprint density at radius 1 is 0.533 bits per heavy atom. The lowest BCUT2D eigenvalue weighted by atomic mass is 10.1. The van der Waals surface area contributed by atoms with Gasteiger partial charge in [-0.25, -0.2) is 24.0 Å². The first-order valence-electron chi connectivity index (χ1n) is 13.9. The second-order valence-corrected chi connectivity index (χ2v) is 9.20. The minimum atomic E-state index is -0.881. The van der Waals surface area contributed by atoms with Crippen LogP contribution in [0.15, 0.2) is 85.5 Å². The van der Waals surface area contributed by atoms with Crippen molar-refractivity contribution >= 4 is 30.2 Å². The Labute approximate surface area is 259 Å². The summed E-state index contributed by atoms with van der Waals surface area (Å²) in [5.74, 6) is -0.904. The Balaban J connectivity index is 1.35. The number of hydrogen-bond acceptors (Lipinski definition) is 12. The highest BCUT2D eigenvalue weighted by atomic mass is 16.7. The van der Waals surface area contributed by atoms with Gasteiger partial charge in [-0.3, -0.25) is 0 Å². The van der Waals surface area contributed by atoms with Crippen molar-refractivity contribution in [2.45, 2.75) is 32.1 Å². The predicted molar refractivity (Wildman–Crippen MR) is 158 cm³/mol. The molecule has 0 fully saturated rings. The third-order valence-electron chi connectivity index (χ3n) is 5.91. The maximum atomic E-state index is 12.5. The molecule has 3 aromatic carbocycles. The third-order valence-corrected chi connectivity index (χ3v) is 5.91. The van der Waals surface area contributed by atoms with Crippen LogP contribution in [0.1, 0.15) is 52.8 Å². The summed E-state index contributed by atoms with van der Waals surface area (Å²) < 4.78 is 35.0. The number of carbonyl (C=O) groups is 5. The van der Waals surface area contributed by atoms with Crippen LogP contribution in [0.3, 0.4) is 0 Å². The quantitative estimate of drug-likeness (QED) is 0.0458. The van der Waals surface area contributed by atoms with E-state index in [-0.39, 0.29) is 40.7 Å². The number of rotatable bonds is 15. The molecule has 236 valence electrons. The van der Waals surface area contributed by atoms with Crippen molar-refractivity contribution in [3.8, 4) is 23.0 Å². The number of hydrogen-bond donors (Lipinski definition) is 0. The van der Waals surface area contributed by atoms with Gasteiger partial charge >= 0.3 is 30.2 Å². The van der Waals surface area contributed by atoms with E-state index in [0.717, 1.165) is 31.8 Å². The third kappa shape index (κ3) is 12.2. The van der Waals surface area contributed by atoms with E-state index >= 15 is 0 Å². The Hall–Kier alpha value is -5.65. The molecular weight excluding hydrogens is 588 g/mol. The minimum absolute atomic E-state index is 0.197. The van der Waals surface area contributed by atoms with Crippen LogP contribution in [0.4, 0.5) is 9.59 Å². The van der Waals surface area contributed by atoms with Gasteiger partial charge in [-0.2, -0.15) is 0 Å². The molecule has 12 heteroatoms. The summed E-state index contributed by atoms with van der Waals surface area (Å²) in [7, 11) is 1.18. The molecule has 3 aromatic rings. The fourth-order valence-corrected chi connectivity index (χ4v) is 3.61. The van der Waals surface area contributed by atoms with Gasteiger partial charge in [-0.1, -0.05) is 25.8 Å². The van der Waals surface area contributed by atoms with Gasteiger partial charge in [0.25, 0.3) is 0 Å². The van der Waals surface area contributed by atoms with Crippen LogP contribution in [0.2, 0.25) is 0 Å². The number of carbonyl (C=O) groups excluding carboxylic acids is 5. The molecule has 0 aliphatic rings. The van der Waals surface area contributed by atoms with Crippen molar-refractivity contribution in [2.75, 3.05) is 20.3 Å². The monoisotopic (exact) mass is 620 g/mol. The molecule has 0 aliphatic carbocycles. The second kappa shape index (κ2) is 18.1. The van der Waals surface area contributed by atoms with E-state index in [2.05, 4.69) is 11.3 Å². The Morgan fingerprint density at radius 2 is 0.911 bits per heavy atom. The summed E-state index contributed by atoms with van der Waals surface area (Å²) in [6.07, 6.45) is 3.46. The van der Waals surface area contributed by atoms with E-state index < -0.39 is 30.2 Å². The van der Waals surface area contributed by atoms with Crippen LogP contribution < -0.4 is 18.9 Å². The van der Waals surface area contributed by atoms with Crippen molar-refractivity contribution in [3.63, 3.8) is 0 Å². The smallest absolute Gasteiger partial charge is 0.463 e. The molecule has 0 amide bonds. The van der Waals surface area contributed by atoms with Gasteiger partial charge in [0.1, 0.15) is 23.0 Å². The molecule has 0 spiro atoms. The summed E-state index contributed by atoms with van der Waals surface area (Å²) >= 11 is 0. The molecule has 0 heterocycles. The summed E-state index contributed by atoms with van der Waals surface area (Å²) in [6.45, 7) is 3.89. The van der Waals surface area contributed by atoms with Crippen LogP contribution in [-0.4, -0.2) is 50.5 Å². The first kappa shape index (κ1) is 33.8. The highest BCUT2D eigenvalue weighted by Gasteiger charge is 2.13. The van der Waals surface area contributed by atoms with Gasteiger partial charge in [-0.15, -0.1) is 0 Å². The number of ether oxygens (including phenoxy) is 7. The Morgan fingerprint density at radius 3 is 1.36 bits per heavy atom. The maximum Gasteiger partial charge on any atom is 0.513 e. The van der Waals surface area contributed by atoms with Gasteiger partial charge in [-0.05, 0) is 85.6 Å². The molecule has 3 rings (SSSR count). The molecule has 12 nitrogen and oxygen atoms in total. The highest BCUT2D eigenvalue weighted by Crippen LogP contribution is 2.21. The Kier molecular flexibility index (Phi) is 13.6. The standard InChI is InChI=1S/C33H32O12/c1-3-29(34)40-21-7-5-4-6-8-22-41-33(38)45-28-15-11-24(12-16-28)31(36)43-26-19-17-25(18-20-26)42-30(35)23-9-13-27(14-10-23)44-32(37)39-2/h3,9-20H,1,4-8,21-22H2,2H3. The van der Waals surface area contributed by atoms with Crippen molar-refractivity contribution in [1.29, 1.82) is 0 Å². The molecule has 0 saturated carbocycles. The average molecular weight is 621 g/mol. The SMILES string of the molecule is C=CC(=O)OCCCCCCCOC(=O)Oc1ccc(C(=O)Oc2ccc(OC(=O)c3ccc(OC(=O)OC)cc3)cc2)cc1. The van der Waals surface area contributed by atoms with Crippen molar-refractivity contribution < 1.29 is 57.1 Å². The molecular formula is C33H32O12. The first-order chi connectivity index (χ1) is 21.8. The van der Waals surface area contributed by atoms with Crippen molar-refractivity contribution in [1.82, 2.24) is 0 Å². The van der Waals surface area contributed by atoms with Crippen molar-refractivity contribution in [3.05, 3.63) is 96.6 Å². The fourth-order valence-electron chi connectivity index (χ4n) is 3.61. The average Bonchev–Trinajstić information content (AvgIpc) is 3.05. The molecule has 0 aromatic heterocycles. The fraction of sp³-hybridized carbons (Fsp3) is 0.242. The van der Waals surface area contributed by atoms with Crippen LogP contribution in [-0.2, 0) is 19.0 Å². The van der Waals surface area contributed by atoms with Gasteiger partial charge in [0.15, 0.2) is 0 Å². The summed E-state index contributed by atoms with van der Waals surface area (Å²) in [6, 6.07) is 17.3. The largest absolute Gasteiger partial charge is 0.513 e. The van der Waals surface area contributed by atoms with Gasteiger partial charge in [0.2, 0.25) is 0 Å². The van der Waals surface area contributed by atoms with E-state index in [1.165, 1.54) is 79.9 Å². The lowest BCUT2D eigenvalue weighted by molar-refractivity contribution is -0.137. The molecule has 0 radical (unpaired) electrons. The van der Waals surface area contributed by atoms with E-state index in [0.29, 0.717) is 13.0 Å². The van der Waals surface area contributed by atoms with Crippen LogP contribution >= 0.6 is 0 Å². The number of unbranched alkanes of at least 4 members (excludes halogenated alkanes) is 4. The van der Waals surface area contributed by atoms with Gasteiger partial charge in [0.05, 0.1) is 31.5 Å². The summed E-state index contributed by atoms with van der Waals surface area (Å²) in [4.78, 5) is 59.0. The molecule has 0 aliphatic heterocycles. The zero-order chi connectivity index (χ0) is 32.4. The number of methoxy groups -OCH3 is 1. The zero-order valence-corrected chi connectivity index (χ0v) is 24.6. The normalized spacial score (nSPS) is 10.2. The van der Waals surface area contributed by atoms with E-state index in [1.807, 2.05) is 0 Å². The first-order valence-corrected chi connectivity index (χ1v) is 13.9. The van der Waals surface area contributed by atoms with E-state index in [4.69, 9.17) is 28.4 Å². The van der Waals surface area contributed by atoms with Gasteiger partial charge in [0, 0.05) is 6.08 Å². The van der Waals surface area contributed by atoms with E-state index in [1.54, 1.807) is 0 Å².